The smallest absolute Gasteiger partial charge is 0.449 e. The van der Waals surface area contributed by atoms with Crippen molar-refractivity contribution in [3.05, 3.63) is 26.8 Å². The van der Waals surface area contributed by atoms with Gasteiger partial charge in [-0.3, -0.25) is 0 Å². The van der Waals surface area contributed by atoms with E-state index in [2.05, 4.69) is 0 Å². The van der Waals surface area contributed by atoms with Gasteiger partial charge in [0.15, 0.2) is 0 Å². The summed E-state index contributed by atoms with van der Waals surface area (Å²) in [6.07, 6.45) is -0.854. The summed E-state index contributed by atoms with van der Waals surface area (Å²) in [6.45, 7) is -3.11. The molecular weight excluding hydrogens is 305 g/mol. The van der Waals surface area contributed by atoms with Crippen molar-refractivity contribution in [2.24, 2.45) is 0 Å². The lowest BCUT2D eigenvalue weighted by atomic mass is 9.80. The van der Waals surface area contributed by atoms with Gasteiger partial charge in [0.2, 0.25) is 0 Å². The van der Waals surface area contributed by atoms with Crippen LogP contribution in [0.3, 0.4) is 0 Å². The number of anilines is 1. The van der Waals surface area contributed by atoms with E-state index in [9.17, 15) is 12.9 Å². The van der Waals surface area contributed by atoms with Crippen LogP contribution in [-0.4, -0.2) is 6.98 Å². The van der Waals surface area contributed by atoms with Crippen LogP contribution in [0.5, 0.6) is 0 Å². The zero-order valence-electron chi connectivity index (χ0n) is 7.53. The van der Waals surface area contributed by atoms with Gasteiger partial charge in [-0.1, -0.05) is 11.9 Å². The highest BCUT2D eigenvalue weighted by atomic mass is 127. The van der Waals surface area contributed by atoms with Crippen molar-refractivity contribution >= 4 is 35.3 Å². The molecular formula is C8H9BF3IN-. The summed E-state index contributed by atoms with van der Waals surface area (Å²) >= 11 is 1.99. The summed E-state index contributed by atoms with van der Waals surface area (Å²) < 4.78 is 37.4. The van der Waals surface area contributed by atoms with Crippen molar-refractivity contribution in [2.45, 2.75) is 13.2 Å². The molecule has 0 aromatic heterocycles. The first-order chi connectivity index (χ1) is 6.29. The van der Waals surface area contributed by atoms with Gasteiger partial charge >= 0.3 is 6.98 Å². The fourth-order valence-electron chi connectivity index (χ4n) is 1.22. The molecule has 0 radical (unpaired) electrons. The van der Waals surface area contributed by atoms with E-state index >= 15 is 0 Å². The van der Waals surface area contributed by atoms with E-state index in [1.807, 2.05) is 22.6 Å². The molecule has 1 nitrogen and oxygen atoms in total. The average molecular weight is 314 g/mol. The van der Waals surface area contributed by atoms with Crippen molar-refractivity contribution in [3.63, 3.8) is 0 Å². The Morgan fingerprint density at radius 1 is 1.36 bits per heavy atom. The molecule has 78 valence electrons. The summed E-state index contributed by atoms with van der Waals surface area (Å²) in [5, 5.41) is 0. The van der Waals surface area contributed by atoms with Crippen LogP contribution in [-0.2, 0) is 6.32 Å². The standard InChI is InChI=1S/C8H9BF3IN/c1-5-6(4-9(10,11)12)2-7(14)3-8(5)13/h2-3H,4,14H2,1H3/q-1. The number of hydrogen-bond donors (Lipinski definition) is 1. The molecule has 1 aromatic carbocycles. The van der Waals surface area contributed by atoms with Gasteiger partial charge in [-0.25, -0.2) is 0 Å². The van der Waals surface area contributed by atoms with Crippen LogP contribution in [0.4, 0.5) is 18.6 Å². The van der Waals surface area contributed by atoms with Crippen LogP contribution in [0.2, 0.25) is 0 Å². The van der Waals surface area contributed by atoms with E-state index < -0.39 is 13.3 Å². The molecule has 0 heterocycles. The third-order valence-electron chi connectivity index (χ3n) is 1.93. The lowest BCUT2D eigenvalue weighted by Gasteiger charge is -2.16. The fraction of sp³-hybridized carbons (Fsp3) is 0.250. The van der Waals surface area contributed by atoms with E-state index in [4.69, 9.17) is 5.73 Å². The Labute approximate surface area is 94.1 Å². The number of nitrogens with two attached hydrogens (primary N) is 1. The molecule has 0 aliphatic heterocycles. The molecule has 0 saturated heterocycles. The zero-order valence-corrected chi connectivity index (χ0v) is 9.69. The third-order valence-corrected chi connectivity index (χ3v) is 3.05. The van der Waals surface area contributed by atoms with Crippen molar-refractivity contribution in [1.29, 1.82) is 0 Å². The van der Waals surface area contributed by atoms with Gasteiger partial charge in [-0.15, -0.1) is 0 Å². The number of hydrogen-bond acceptors (Lipinski definition) is 1. The van der Waals surface area contributed by atoms with E-state index in [0.717, 1.165) is 3.57 Å². The van der Waals surface area contributed by atoms with Gasteiger partial charge in [0.25, 0.3) is 0 Å². The Morgan fingerprint density at radius 3 is 2.43 bits per heavy atom. The molecule has 0 amide bonds. The molecule has 14 heavy (non-hydrogen) atoms. The van der Waals surface area contributed by atoms with Crippen molar-refractivity contribution in [1.82, 2.24) is 0 Å². The number of benzene rings is 1. The molecule has 0 bridgehead atoms. The second-order valence-corrected chi connectivity index (χ2v) is 4.36. The van der Waals surface area contributed by atoms with Gasteiger partial charge in [-0.2, -0.15) is 0 Å². The monoisotopic (exact) mass is 314 g/mol. The Morgan fingerprint density at radius 2 is 1.93 bits per heavy atom. The molecule has 1 aromatic rings. The molecule has 0 spiro atoms. The quantitative estimate of drug-likeness (QED) is 0.507. The van der Waals surface area contributed by atoms with E-state index in [-0.39, 0.29) is 5.56 Å². The SMILES string of the molecule is Cc1c(I)cc(N)cc1C[B-](F)(F)F. The largest absolute Gasteiger partial charge is 0.482 e. The molecule has 6 heteroatoms. The van der Waals surface area contributed by atoms with Gasteiger partial charge in [0, 0.05) is 9.26 Å². The molecule has 0 saturated carbocycles. The molecule has 0 aliphatic rings. The molecule has 0 aliphatic carbocycles. The minimum atomic E-state index is -4.79. The summed E-state index contributed by atoms with van der Waals surface area (Å²) in [6, 6.07) is 3.06. The van der Waals surface area contributed by atoms with Gasteiger partial charge in [-0.05, 0) is 47.2 Å². The highest BCUT2D eigenvalue weighted by molar-refractivity contribution is 14.1. The van der Waals surface area contributed by atoms with Gasteiger partial charge in [0.1, 0.15) is 0 Å². The topological polar surface area (TPSA) is 26.0 Å². The molecule has 0 fully saturated rings. The second kappa shape index (κ2) is 4.00. The van der Waals surface area contributed by atoms with E-state index in [0.29, 0.717) is 11.3 Å². The van der Waals surface area contributed by atoms with Crippen LogP contribution in [0.1, 0.15) is 11.1 Å². The summed E-state index contributed by atoms with van der Waals surface area (Å²) in [5.41, 5.74) is 6.81. The summed E-state index contributed by atoms with van der Waals surface area (Å²) in [7, 11) is 0. The van der Waals surface area contributed by atoms with Gasteiger partial charge in [0.05, 0.1) is 0 Å². The number of rotatable bonds is 2. The normalized spacial score (nSPS) is 11.8. The molecule has 0 atom stereocenters. The minimum absolute atomic E-state index is 0.280. The Bertz CT molecular complexity index is 351. The van der Waals surface area contributed by atoms with E-state index in [1.54, 1.807) is 13.0 Å². The lowest BCUT2D eigenvalue weighted by molar-refractivity contribution is 0.468. The molecule has 1 rings (SSSR count). The number of nitrogen functional groups attached to an aromatic ring is 1. The van der Waals surface area contributed by atoms with E-state index in [1.165, 1.54) is 6.07 Å². The van der Waals surface area contributed by atoms with Crippen LogP contribution in [0, 0.1) is 10.5 Å². The number of halogens is 4. The average Bonchev–Trinajstić information content (AvgIpc) is 1.96. The maximum atomic E-state index is 12.2. The van der Waals surface area contributed by atoms with Gasteiger partial charge < -0.3 is 18.7 Å². The van der Waals surface area contributed by atoms with Crippen LogP contribution >= 0.6 is 22.6 Å². The predicted molar refractivity (Wildman–Crippen MR) is 61.1 cm³/mol. The second-order valence-electron chi connectivity index (χ2n) is 3.20. The zero-order chi connectivity index (χ0) is 10.9. The van der Waals surface area contributed by atoms with Crippen LogP contribution in [0.25, 0.3) is 0 Å². The first-order valence-corrected chi connectivity index (χ1v) is 5.13. The Balaban J connectivity index is 3.09. The minimum Gasteiger partial charge on any atom is -0.449 e. The summed E-state index contributed by atoms with van der Waals surface area (Å²) in [5.74, 6) is 0. The molecule has 2 N–H and O–H groups in total. The van der Waals surface area contributed by atoms with Crippen molar-refractivity contribution < 1.29 is 12.9 Å². The van der Waals surface area contributed by atoms with Crippen molar-refractivity contribution in [3.8, 4) is 0 Å². The highest BCUT2D eigenvalue weighted by Gasteiger charge is 2.24. The fourth-order valence-corrected chi connectivity index (χ4v) is 1.93. The predicted octanol–water partition coefficient (Wildman–Crippen LogP) is 3.11. The first-order valence-electron chi connectivity index (χ1n) is 4.05. The summed E-state index contributed by atoms with van der Waals surface area (Å²) in [4.78, 5) is 0. The van der Waals surface area contributed by atoms with Crippen LogP contribution < -0.4 is 5.73 Å². The Kier molecular flexibility index (Phi) is 3.34. The lowest BCUT2D eigenvalue weighted by Crippen LogP contribution is -2.20. The van der Waals surface area contributed by atoms with Crippen LogP contribution in [0.15, 0.2) is 12.1 Å². The molecule has 0 unspecified atom stereocenters. The Hall–Kier alpha value is -0.395. The van der Waals surface area contributed by atoms with Crippen molar-refractivity contribution in [2.75, 3.05) is 5.73 Å². The first kappa shape index (κ1) is 11.7. The third kappa shape index (κ3) is 3.07. The maximum Gasteiger partial charge on any atom is 0.482 e. The maximum absolute atomic E-state index is 12.2. The highest BCUT2D eigenvalue weighted by Crippen LogP contribution is 2.24.